The number of carbonyl (C=O) groups excluding carboxylic acids is 1. The van der Waals surface area contributed by atoms with Gasteiger partial charge in [-0.05, 0) is 30.4 Å². The maximum Gasteiger partial charge on any atom is 1.00 e. The number of hydrogen-bond acceptors (Lipinski definition) is 6. The van der Waals surface area contributed by atoms with Gasteiger partial charge in [-0.15, -0.1) is 0 Å². The zero-order chi connectivity index (χ0) is 12.6. The van der Waals surface area contributed by atoms with Crippen LogP contribution in [0.25, 0.3) is 0 Å². The Labute approximate surface area is 154 Å². The topological polar surface area (TPSA) is 113 Å². The third-order valence-electron chi connectivity index (χ3n) is 1.53. The van der Waals surface area contributed by atoms with Crippen molar-refractivity contribution in [2.45, 2.75) is 12.5 Å². The second-order valence-corrected chi connectivity index (χ2v) is 3.74. The molecule has 18 heavy (non-hydrogen) atoms. The fourth-order valence-corrected chi connectivity index (χ4v) is 1.27. The molecular formula is C9H11NNa2O5S. The fraction of sp³-hybridized carbons (Fsp3) is 0.444. The molecule has 0 heterocycles. The number of hydrogen-bond donors (Lipinski definition) is 1. The van der Waals surface area contributed by atoms with E-state index in [1.54, 1.807) is 6.26 Å². The van der Waals surface area contributed by atoms with Crippen LogP contribution in [0, 0.1) is 0 Å². The largest absolute Gasteiger partial charge is 1.00 e. The molecule has 0 aliphatic carbocycles. The molecule has 0 radical (unpaired) electrons. The van der Waals surface area contributed by atoms with Gasteiger partial charge < -0.3 is 20.1 Å². The number of nitrogens with zero attached hydrogens (tertiary/aromatic N) is 1. The number of carboxylic acids is 2. The quantitative estimate of drug-likeness (QED) is 0.216. The Morgan fingerprint density at radius 2 is 1.89 bits per heavy atom. The summed E-state index contributed by atoms with van der Waals surface area (Å²) in [4.78, 5) is 24.0. The van der Waals surface area contributed by atoms with Crippen LogP contribution in [-0.4, -0.2) is 41.0 Å². The first-order valence-corrected chi connectivity index (χ1v) is 5.72. The maximum absolute atomic E-state index is 11.0. The van der Waals surface area contributed by atoms with Gasteiger partial charge in [0.15, 0.2) is 0 Å². The Balaban J connectivity index is -0.00000112. The van der Waals surface area contributed by atoms with Gasteiger partial charge in [0.2, 0.25) is 0 Å². The molecular weight excluding hydrogens is 280 g/mol. The van der Waals surface area contributed by atoms with E-state index in [4.69, 9.17) is 5.11 Å². The predicted molar refractivity (Wildman–Crippen MR) is 56.0 cm³/mol. The first-order chi connectivity index (χ1) is 7.47. The van der Waals surface area contributed by atoms with Crippen molar-refractivity contribution in [1.82, 2.24) is 0 Å². The van der Waals surface area contributed by atoms with Gasteiger partial charge in [0.25, 0.3) is 0 Å². The molecule has 0 aromatic carbocycles. The van der Waals surface area contributed by atoms with E-state index in [0.717, 1.165) is 0 Å². The molecule has 90 valence electrons. The van der Waals surface area contributed by atoms with Gasteiger partial charge in [0.1, 0.15) is 6.04 Å². The average molecular weight is 291 g/mol. The molecule has 9 heteroatoms. The zero-order valence-electron chi connectivity index (χ0n) is 10.6. The van der Waals surface area contributed by atoms with Crippen LogP contribution in [0.4, 0.5) is 0 Å². The van der Waals surface area contributed by atoms with Crippen LogP contribution in [0.1, 0.15) is 6.42 Å². The van der Waals surface area contributed by atoms with Crippen molar-refractivity contribution >= 4 is 29.6 Å². The molecule has 0 bridgehead atoms. The van der Waals surface area contributed by atoms with E-state index >= 15 is 0 Å². The summed E-state index contributed by atoms with van der Waals surface area (Å²) >= 11 is 1.44. The molecule has 1 atom stereocenters. The van der Waals surface area contributed by atoms with E-state index in [-0.39, 0.29) is 65.5 Å². The molecule has 6 nitrogen and oxygen atoms in total. The van der Waals surface area contributed by atoms with Crippen LogP contribution in [-0.2, 0) is 9.59 Å². The molecule has 0 spiro atoms. The Bertz CT molecular complexity index is 322. The number of aliphatic carboxylic acids is 2. The van der Waals surface area contributed by atoms with Gasteiger partial charge in [0.05, 0.1) is 5.97 Å². The number of rotatable bonds is 7. The standard InChI is InChI=1S/C9H13NO5S.2Na/c1-16-5-4-6(9(14)15)10-7(11)2-3-8(12)13;;/h2-3,6H,4-5H2,1H3,(H,10,11)(H,12,13)(H,14,15);;/q;2*+1/p-2/b3-2-;;/t6-;;/m1../s1. The van der Waals surface area contributed by atoms with E-state index in [1.165, 1.54) is 11.8 Å². The Morgan fingerprint density at radius 3 is 2.28 bits per heavy atom. The fourth-order valence-electron chi connectivity index (χ4n) is 0.809. The zero-order valence-corrected chi connectivity index (χ0v) is 15.4. The summed E-state index contributed by atoms with van der Waals surface area (Å²) in [6.07, 6.45) is 3.21. The molecule has 0 saturated carbocycles. The Morgan fingerprint density at radius 1 is 1.33 bits per heavy atom. The minimum Gasteiger partial charge on any atom is -0.859 e. The van der Waals surface area contributed by atoms with E-state index in [9.17, 15) is 19.8 Å². The Kier molecular flexibility index (Phi) is 18.2. The van der Waals surface area contributed by atoms with Gasteiger partial charge in [-0.1, -0.05) is 6.08 Å². The van der Waals surface area contributed by atoms with Crippen LogP contribution < -0.4 is 69.3 Å². The minimum absolute atomic E-state index is 0. The van der Waals surface area contributed by atoms with E-state index in [0.29, 0.717) is 17.9 Å². The third-order valence-corrected chi connectivity index (χ3v) is 2.17. The molecule has 0 aliphatic rings. The number of aliphatic imine (C=N–C) groups is 1. The van der Waals surface area contributed by atoms with E-state index < -0.39 is 23.9 Å². The van der Waals surface area contributed by atoms with Crippen molar-refractivity contribution in [2.75, 3.05) is 12.0 Å². The summed E-state index contributed by atoms with van der Waals surface area (Å²) in [5.41, 5.74) is 0. The summed E-state index contributed by atoms with van der Waals surface area (Å²) in [5.74, 6) is -3.07. The summed E-state index contributed by atoms with van der Waals surface area (Å²) in [6.45, 7) is 0. The molecule has 0 rings (SSSR count). The number of thioether (sulfide) groups is 1. The van der Waals surface area contributed by atoms with Crippen LogP contribution >= 0.6 is 11.8 Å². The van der Waals surface area contributed by atoms with Gasteiger partial charge in [-0.2, -0.15) is 11.8 Å². The molecule has 0 fully saturated rings. The van der Waals surface area contributed by atoms with Crippen molar-refractivity contribution in [3.63, 3.8) is 0 Å². The van der Waals surface area contributed by atoms with Crippen molar-refractivity contribution in [3.8, 4) is 0 Å². The molecule has 0 amide bonds. The number of carboxylic acid groups (broad SMARTS) is 2. The Hall–Kier alpha value is 0.500. The summed E-state index contributed by atoms with van der Waals surface area (Å²) in [5, 5.41) is 29.7. The summed E-state index contributed by atoms with van der Waals surface area (Å²) in [7, 11) is 0. The van der Waals surface area contributed by atoms with Crippen molar-refractivity contribution in [2.24, 2.45) is 4.99 Å². The van der Waals surface area contributed by atoms with Crippen LogP contribution in [0.3, 0.4) is 0 Å². The molecule has 1 N–H and O–H groups in total. The summed E-state index contributed by atoms with van der Waals surface area (Å²) < 4.78 is 0. The molecule has 0 unspecified atom stereocenters. The second kappa shape index (κ2) is 13.9. The summed E-state index contributed by atoms with van der Waals surface area (Å²) in [6, 6.07) is -1.13. The minimum atomic E-state index is -1.53. The third kappa shape index (κ3) is 12.9. The molecule has 0 aliphatic heterocycles. The van der Waals surface area contributed by atoms with Crippen molar-refractivity contribution in [1.29, 1.82) is 0 Å². The van der Waals surface area contributed by atoms with E-state index in [2.05, 4.69) is 4.99 Å². The van der Waals surface area contributed by atoms with Crippen LogP contribution in [0.5, 0.6) is 0 Å². The average Bonchev–Trinajstić information content (AvgIpc) is 2.20. The molecule has 0 aromatic heterocycles. The van der Waals surface area contributed by atoms with Crippen LogP contribution in [0.15, 0.2) is 17.1 Å². The first kappa shape index (κ1) is 23.6. The first-order valence-electron chi connectivity index (χ1n) is 4.33. The maximum atomic E-state index is 11.0. The van der Waals surface area contributed by atoms with Gasteiger partial charge >= 0.3 is 65.1 Å². The van der Waals surface area contributed by atoms with Crippen molar-refractivity contribution in [3.05, 3.63) is 12.2 Å². The smallest absolute Gasteiger partial charge is 0.859 e. The van der Waals surface area contributed by atoms with Gasteiger partial charge in [-0.3, -0.25) is 4.99 Å². The SMILES string of the molecule is CSCC[C@@H](N=C([O-])/C=C\C(=O)[O-])C(=O)O.[Na+].[Na+]. The van der Waals surface area contributed by atoms with Crippen molar-refractivity contribution < 1.29 is 84.0 Å². The van der Waals surface area contributed by atoms with Gasteiger partial charge in [-0.25, -0.2) is 4.79 Å². The number of carbonyl (C=O) groups is 2. The molecule has 0 saturated heterocycles. The monoisotopic (exact) mass is 291 g/mol. The van der Waals surface area contributed by atoms with E-state index in [1.807, 2.05) is 0 Å². The second-order valence-electron chi connectivity index (χ2n) is 2.76. The predicted octanol–water partition coefficient (Wildman–Crippen LogP) is -7.73. The molecule has 0 aromatic rings. The normalized spacial score (nSPS) is 12.4. The van der Waals surface area contributed by atoms with Gasteiger partial charge in [0, 0.05) is 0 Å². The van der Waals surface area contributed by atoms with Crippen LogP contribution in [0.2, 0.25) is 0 Å².